The Balaban J connectivity index is 1.37. The third-order valence-electron chi connectivity index (χ3n) is 4.29. The summed E-state index contributed by atoms with van der Waals surface area (Å²) in [5, 5.41) is 6.00. The predicted molar refractivity (Wildman–Crippen MR) is 94.8 cm³/mol. The van der Waals surface area contributed by atoms with Crippen molar-refractivity contribution in [2.24, 2.45) is 0 Å². The average Bonchev–Trinajstić information content (AvgIpc) is 3.01. The lowest BCUT2D eigenvalue weighted by atomic mass is 10.1. The highest BCUT2D eigenvalue weighted by atomic mass is 32.1. The molecule has 2 aromatic rings. The van der Waals surface area contributed by atoms with E-state index in [0.717, 1.165) is 48.7 Å². The fourth-order valence-corrected chi connectivity index (χ4v) is 3.57. The summed E-state index contributed by atoms with van der Waals surface area (Å²) in [5.74, 6) is 0. The maximum absolute atomic E-state index is 12.0. The highest BCUT2D eigenvalue weighted by Gasteiger charge is 2.20. The standard InChI is InChI=1S/C17H23N5OS/c1-13-16(24-12-20-13)10-19-17(23)21-14-5-8-22(9-6-14)11-15-4-2-3-7-18-15/h2-4,7,12,14H,5-6,8-11H2,1H3,(H2,19,21,23). The smallest absolute Gasteiger partial charge is 0.315 e. The average molecular weight is 345 g/mol. The van der Waals surface area contributed by atoms with Crippen molar-refractivity contribution in [3.8, 4) is 0 Å². The van der Waals surface area contributed by atoms with Gasteiger partial charge in [-0.05, 0) is 31.9 Å². The number of amides is 2. The molecule has 0 spiro atoms. The van der Waals surface area contributed by atoms with Crippen LogP contribution in [0.3, 0.4) is 0 Å². The van der Waals surface area contributed by atoms with E-state index in [1.54, 1.807) is 11.3 Å². The first-order valence-corrected chi connectivity index (χ1v) is 9.14. The minimum Gasteiger partial charge on any atom is -0.335 e. The SMILES string of the molecule is Cc1ncsc1CNC(=O)NC1CCN(Cc2ccccn2)CC1. The van der Waals surface area contributed by atoms with Crippen LogP contribution in [0.5, 0.6) is 0 Å². The zero-order chi connectivity index (χ0) is 16.8. The van der Waals surface area contributed by atoms with Crippen LogP contribution in [0.1, 0.15) is 29.1 Å². The molecule has 0 atom stereocenters. The number of urea groups is 1. The molecular weight excluding hydrogens is 322 g/mol. The fourth-order valence-electron chi connectivity index (χ4n) is 2.85. The Morgan fingerprint density at radius 2 is 2.17 bits per heavy atom. The lowest BCUT2D eigenvalue weighted by Crippen LogP contribution is -2.47. The molecule has 0 bridgehead atoms. The monoisotopic (exact) mass is 345 g/mol. The maximum Gasteiger partial charge on any atom is 0.315 e. The predicted octanol–water partition coefficient (Wildman–Crippen LogP) is 2.31. The summed E-state index contributed by atoms with van der Waals surface area (Å²) in [6.07, 6.45) is 3.78. The van der Waals surface area contributed by atoms with E-state index in [-0.39, 0.29) is 12.1 Å². The summed E-state index contributed by atoms with van der Waals surface area (Å²) in [7, 11) is 0. The summed E-state index contributed by atoms with van der Waals surface area (Å²) in [6.45, 7) is 5.35. The number of aryl methyl sites for hydroxylation is 1. The number of nitrogens with one attached hydrogen (secondary N) is 2. The van der Waals surface area contributed by atoms with Crippen molar-refractivity contribution in [3.63, 3.8) is 0 Å². The van der Waals surface area contributed by atoms with Gasteiger partial charge in [-0.3, -0.25) is 9.88 Å². The first-order chi connectivity index (χ1) is 11.7. The first-order valence-electron chi connectivity index (χ1n) is 8.26. The second-order valence-electron chi connectivity index (χ2n) is 6.06. The van der Waals surface area contributed by atoms with Crippen LogP contribution in [0.25, 0.3) is 0 Å². The van der Waals surface area contributed by atoms with E-state index >= 15 is 0 Å². The molecule has 0 saturated carbocycles. The van der Waals surface area contributed by atoms with Crippen LogP contribution in [-0.2, 0) is 13.1 Å². The molecule has 1 saturated heterocycles. The van der Waals surface area contributed by atoms with Crippen molar-refractivity contribution in [1.82, 2.24) is 25.5 Å². The first kappa shape index (κ1) is 16.9. The number of likely N-dealkylation sites (tertiary alicyclic amines) is 1. The van der Waals surface area contributed by atoms with Crippen LogP contribution in [0.15, 0.2) is 29.9 Å². The molecule has 2 N–H and O–H groups in total. The molecule has 0 aliphatic carbocycles. The number of carbonyl (C=O) groups is 1. The number of rotatable bonds is 5. The normalized spacial score (nSPS) is 16.0. The van der Waals surface area contributed by atoms with Crippen LogP contribution in [-0.4, -0.2) is 40.0 Å². The number of hydrogen-bond acceptors (Lipinski definition) is 5. The minimum atomic E-state index is -0.0917. The van der Waals surface area contributed by atoms with E-state index in [1.165, 1.54) is 0 Å². The maximum atomic E-state index is 12.0. The van der Waals surface area contributed by atoms with Gasteiger partial charge in [0.1, 0.15) is 0 Å². The number of pyridine rings is 1. The summed E-state index contributed by atoms with van der Waals surface area (Å²) < 4.78 is 0. The van der Waals surface area contributed by atoms with E-state index in [0.29, 0.717) is 6.54 Å². The summed E-state index contributed by atoms with van der Waals surface area (Å²) in [6, 6.07) is 6.16. The van der Waals surface area contributed by atoms with Gasteiger partial charge in [0.25, 0.3) is 0 Å². The molecule has 1 fully saturated rings. The van der Waals surface area contributed by atoms with Gasteiger partial charge in [0.2, 0.25) is 0 Å². The Bertz CT molecular complexity index is 652. The number of piperidine rings is 1. The van der Waals surface area contributed by atoms with E-state index in [9.17, 15) is 4.79 Å². The minimum absolute atomic E-state index is 0.0917. The van der Waals surface area contributed by atoms with Crippen molar-refractivity contribution >= 4 is 17.4 Å². The van der Waals surface area contributed by atoms with Crippen LogP contribution < -0.4 is 10.6 Å². The number of carbonyl (C=O) groups excluding carboxylic acids is 1. The Labute approximate surface area is 146 Å². The Morgan fingerprint density at radius 3 is 2.83 bits per heavy atom. The van der Waals surface area contributed by atoms with E-state index < -0.39 is 0 Å². The second kappa shape index (κ2) is 8.21. The van der Waals surface area contributed by atoms with E-state index in [2.05, 4.69) is 31.6 Å². The number of aromatic nitrogens is 2. The summed E-state index contributed by atoms with van der Waals surface area (Å²) in [4.78, 5) is 24.1. The molecule has 3 rings (SSSR count). The van der Waals surface area contributed by atoms with Gasteiger partial charge in [-0.2, -0.15) is 0 Å². The summed E-state index contributed by atoms with van der Waals surface area (Å²) in [5.41, 5.74) is 3.89. The molecule has 7 heteroatoms. The Kier molecular flexibility index (Phi) is 5.77. The van der Waals surface area contributed by atoms with Gasteiger partial charge >= 0.3 is 6.03 Å². The van der Waals surface area contributed by atoms with Crippen molar-refractivity contribution in [2.45, 2.75) is 38.9 Å². The molecule has 1 aliphatic heterocycles. The summed E-state index contributed by atoms with van der Waals surface area (Å²) >= 11 is 1.57. The molecule has 0 radical (unpaired) electrons. The molecule has 0 aromatic carbocycles. The van der Waals surface area contributed by atoms with Gasteiger partial charge in [-0.15, -0.1) is 11.3 Å². The molecule has 2 amide bonds. The van der Waals surface area contributed by atoms with E-state index in [4.69, 9.17) is 0 Å². The number of thiazole rings is 1. The second-order valence-corrected chi connectivity index (χ2v) is 7.00. The Hall–Kier alpha value is -1.99. The lowest BCUT2D eigenvalue weighted by Gasteiger charge is -2.32. The molecule has 6 nitrogen and oxygen atoms in total. The van der Waals surface area contributed by atoms with Gasteiger partial charge in [-0.1, -0.05) is 6.07 Å². The highest BCUT2D eigenvalue weighted by molar-refractivity contribution is 7.09. The van der Waals surface area contributed by atoms with Crippen LogP contribution in [0.4, 0.5) is 4.79 Å². The molecule has 128 valence electrons. The Morgan fingerprint density at radius 1 is 1.33 bits per heavy atom. The van der Waals surface area contributed by atoms with Crippen molar-refractivity contribution in [3.05, 3.63) is 46.2 Å². The molecule has 1 aliphatic rings. The zero-order valence-corrected chi connectivity index (χ0v) is 14.7. The van der Waals surface area contributed by atoms with Gasteiger partial charge in [-0.25, -0.2) is 9.78 Å². The highest BCUT2D eigenvalue weighted by Crippen LogP contribution is 2.13. The van der Waals surface area contributed by atoms with Gasteiger partial charge < -0.3 is 10.6 Å². The van der Waals surface area contributed by atoms with Gasteiger partial charge in [0.15, 0.2) is 0 Å². The largest absolute Gasteiger partial charge is 0.335 e. The van der Waals surface area contributed by atoms with Gasteiger partial charge in [0.05, 0.1) is 23.4 Å². The molecule has 3 heterocycles. The fraction of sp³-hybridized carbons (Fsp3) is 0.471. The lowest BCUT2D eigenvalue weighted by molar-refractivity contribution is 0.185. The molecule has 0 unspecified atom stereocenters. The molecule has 24 heavy (non-hydrogen) atoms. The van der Waals surface area contributed by atoms with Crippen LogP contribution in [0.2, 0.25) is 0 Å². The van der Waals surface area contributed by atoms with E-state index in [1.807, 2.05) is 30.8 Å². The number of nitrogens with zero attached hydrogens (tertiary/aromatic N) is 3. The van der Waals surface area contributed by atoms with Crippen molar-refractivity contribution in [1.29, 1.82) is 0 Å². The third kappa shape index (κ3) is 4.75. The number of hydrogen-bond donors (Lipinski definition) is 2. The van der Waals surface area contributed by atoms with Crippen molar-refractivity contribution < 1.29 is 4.79 Å². The van der Waals surface area contributed by atoms with Gasteiger partial charge in [0, 0.05) is 36.8 Å². The molecule has 2 aromatic heterocycles. The quantitative estimate of drug-likeness (QED) is 0.872. The third-order valence-corrected chi connectivity index (χ3v) is 5.22. The van der Waals surface area contributed by atoms with Crippen molar-refractivity contribution in [2.75, 3.05) is 13.1 Å². The topological polar surface area (TPSA) is 70.2 Å². The molecular formula is C17H23N5OS. The van der Waals surface area contributed by atoms with Crippen LogP contribution in [0, 0.1) is 6.92 Å². The van der Waals surface area contributed by atoms with Crippen LogP contribution >= 0.6 is 11.3 Å². The zero-order valence-electron chi connectivity index (χ0n) is 13.9.